The number of benzene rings is 4. The molecule has 57 heavy (non-hydrogen) atoms. The zero-order valence-corrected chi connectivity index (χ0v) is 32.9. The monoisotopic (exact) mass is 774 g/mol. The zero-order chi connectivity index (χ0) is 37.5. The van der Waals surface area contributed by atoms with Gasteiger partial charge in [0.2, 0.25) is 0 Å². The Hall–Kier alpha value is -5.67. The van der Waals surface area contributed by atoms with Gasteiger partial charge in [-0.1, -0.05) is 84.9 Å². The second kappa shape index (κ2) is 18.1. The van der Waals surface area contributed by atoms with Gasteiger partial charge >= 0.3 is 0 Å². The number of hydrogen-bond acceptors (Lipinski definition) is 8. The molecular formula is C48H47ClN6O2. The topological polar surface area (TPSA) is 75.4 Å². The van der Waals surface area contributed by atoms with Crippen molar-refractivity contribution in [3.63, 3.8) is 0 Å². The minimum atomic E-state index is 0. The van der Waals surface area contributed by atoms with Crippen molar-refractivity contribution in [1.82, 2.24) is 9.97 Å². The third-order valence-electron chi connectivity index (χ3n) is 10.9. The molecule has 6 aromatic rings. The number of aromatic nitrogens is 2. The summed E-state index contributed by atoms with van der Waals surface area (Å²) in [6.07, 6.45) is 5.68. The summed E-state index contributed by atoms with van der Waals surface area (Å²) in [5.41, 5.74) is 14.9. The van der Waals surface area contributed by atoms with E-state index >= 15 is 0 Å². The van der Waals surface area contributed by atoms with E-state index < -0.39 is 0 Å². The van der Waals surface area contributed by atoms with E-state index in [1.807, 2.05) is 12.4 Å². The van der Waals surface area contributed by atoms with Crippen LogP contribution in [0.4, 0.5) is 11.6 Å². The second-order valence-electron chi connectivity index (χ2n) is 14.6. The number of morpholine rings is 2. The molecule has 2 saturated heterocycles. The molecule has 9 heteroatoms. The first-order chi connectivity index (χ1) is 27.7. The van der Waals surface area contributed by atoms with Crippen LogP contribution in [0.15, 0.2) is 144 Å². The molecule has 0 spiro atoms. The Morgan fingerprint density at radius 3 is 1.30 bits per heavy atom. The van der Waals surface area contributed by atoms with Crippen LogP contribution in [0.3, 0.4) is 0 Å². The summed E-state index contributed by atoms with van der Waals surface area (Å²) in [5, 5.41) is 0. The van der Waals surface area contributed by atoms with Crippen molar-refractivity contribution in [3.8, 4) is 0 Å². The van der Waals surface area contributed by atoms with Gasteiger partial charge < -0.3 is 19.3 Å². The average molecular weight is 775 g/mol. The zero-order valence-electron chi connectivity index (χ0n) is 32.1. The molecule has 0 saturated carbocycles. The number of pyridine rings is 2. The molecule has 6 heterocycles. The van der Waals surface area contributed by atoms with Gasteiger partial charge in [0.15, 0.2) is 0 Å². The minimum Gasteiger partial charge on any atom is -0.378 e. The Balaban J connectivity index is 0.000000157. The molecule has 0 atom stereocenters. The lowest BCUT2D eigenvalue weighted by Gasteiger charge is -2.28. The maximum absolute atomic E-state index is 5.47. The lowest BCUT2D eigenvalue weighted by Crippen LogP contribution is -2.36. The van der Waals surface area contributed by atoms with Crippen LogP contribution in [0.2, 0.25) is 0 Å². The Morgan fingerprint density at radius 2 is 0.877 bits per heavy atom. The predicted octanol–water partition coefficient (Wildman–Crippen LogP) is 8.14. The molecule has 4 aliphatic heterocycles. The van der Waals surface area contributed by atoms with E-state index in [0.29, 0.717) is 0 Å². The van der Waals surface area contributed by atoms with Crippen molar-refractivity contribution in [3.05, 3.63) is 189 Å². The van der Waals surface area contributed by atoms with Crippen molar-refractivity contribution in [2.75, 3.05) is 62.4 Å². The molecule has 8 nitrogen and oxygen atoms in total. The van der Waals surface area contributed by atoms with E-state index in [9.17, 15) is 0 Å². The van der Waals surface area contributed by atoms with Crippen molar-refractivity contribution in [1.29, 1.82) is 0 Å². The maximum Gasteiger partial charge on any atom is 0.129 e. The molecule has 2 fully saturated rings. The molecule has 288 valence electrons. The largest absolute Gasteiger partial charge is 0.378 e. The van der Waals surface area contributed by atoms with Gasteiger partial charge in [-0.2, -0.15) is 0 Å². The third-order valence-corrected chi connectivity index (χ3v) is 10.9. The fourth-order valence-electron chi connectivity index (χ4n) is 7.90. The first kappa shape index (κ1) is 38.2. The summed E-state index contributed by atoms with van der Waals surface area (Å²) < 4.78 is 10.9. The maximum atomic E-state index is 5.47. The van der Waals surface area contributed by atoms with Crippen LogP contribution in [-0.2, 0) is 35.4 Å². The predicted molar refractivity (Wildman–Crippen MR) is 232 cm³/mol. The van der Waals surface area contributed by atoms with Gasteiger partial charge in [0, 0.05) is 60.8 Å². The normalized spacial score (nSPS) is 15.7. The lowest BCUT2D eigenvalue weighted by molar-refractivity contribution is 0.122. The van der Waals surface area contributed by atoms with Crippen molar-refractivity contribution >= 4 is 35.5 Å². The van der Waals surface area contributed by atoms with Crippen molar-refractivity contribution in [2.24, 2.45) is 9.98 Å². The third kappa shape index (κ3) is 8.99. The highest BCUT2D eigenvalue weighted by atomic mass is 35.5. The molecule has 2 aromatic heterocycles. The Kier molecular flexibility index (Phi) is 12.1. The molecule has 10 rings (SSSR count). The number of fused-ring (bicyclic) bond motifs is 2. The first-order valence-electron chi connectivity index (χ1n) is 19.7. The van der Waals surface area contributed by atoms with E-state index in [4.69, 9.17) is 19.5 Å². The van der Waals surface area contributed by atoms with E-state index in [1.165, 1.54) is 44.5 Å². The van der Waals surface area contributed by atoms with Crippen molar-refractivity contribution < 1.29 is 9.47 Å². The highest BCUT2D eigenvalue weighted by molar-refractivity contribution is 6.16. The molecule has 0 amide bonds. The van der Waals surface area contributed by atoms with E-state index in [-0.39, 0.29) is 12.4 Å². The smallest absolute Gasteiger partial charge is 0.129 e. The summed E-state index contributed by atoms with van der Waals surface area (Å²) in [5.74, 6) is 2.02. The number of nitrogens with zero attached hydrogens (tertiary/aromatic N) is 6. The van der Waals surface area contributed by atoms with Gasteiger partial charge in [-0.3, -0.25) is 9.98 Å². The van der Waals surface area contributed by atoms with E-state index in [1.54, 1.807) is 0 Å². The standard InChI is InChI=1S/2C24H23N3O.ClH/c2*1-2-4-18(5-3-1)14-19-6-7-21-17-26-24(22(21)15-19)20-8-9-25-23(16-20)27-10-12-28-13-11-27;/h2*1-9,15-16H,10-14,17H2;1H. The average Bonchev–Trinajstić information content (AvgIpc) is 3.90. The van der Waals surface area contributed by atoms with E-state index in [0.717, 1.165) is 113 Å². The summed E-state index contributed by atoms with van der Waals surface area (Å²) in [4.78, 5) is 23.4. The minimum absolute atomic E-state index is 0. The fraction of sp³-hybridized carbons (Fsp3) is 0.250. The number of ether oxygens (including phenoxy) is 2. The molecule has 0 radical (unpaired) electrons. The summed E-state index contributed by atoms with van der Waals surface area (Å²) >= 11 is 0. The number of hydrogen-bond donors (Lipinski definition) is 0. The Bertz CT molecular complexity index is 2190. The molecule has 0 N–H and O–H groups in total. The van der Waals surface area contributed by atoms with Crippen LogP contribution in [0.25, 0.3) is 0 Å². The molecule has 0 bridgehead atoms. The number of halogens is 1. The molecule has 4 aliphatic rings. The van der Waals surface area contributed by atoms with Gasteiger partial charge in [-0.25, -0.2) is 9.97 Å². The number of aliphatic imine (C=N–C) groups is 2. The summed E-state index contributed by atoms with van der Waals surface area (Å²) in [6, 6.07) is 43.3. The summed E-state index contributed by atoms with van der Waals surface area (Å²) in [6.45, 7) is 8.12. The fourth-order valence-corrected chi connectivity index (χ4v) is 7.90. The van der Waals surface area contributed by atoms with Crippen LogP contribution in [0, 0.1) is 0 Å². The molecule has 0 unspecified atom stereocenters. The van der Waals surface area contributed by atoms with Crippen LogP contribution in [0.1, 0.15) is 55.6 Å². The Morgan fingerprint density at radius 1 is 0.456 bits per heavy atom. The summed E-state index contributed by atoms with van der Waals surface area (Å²) in [7, 11) is 0. The lowest BCUT2D eigenvalue weighted by atomic mass is 9.96. The SMILES string of the molecule is Cl.c1ccc(Cc2ccc3c(c2)C(c2ccnc(N4CCOCC4)c2)=NC3)cc1.c1ccc(Cc2ccc3c(c2)C(c2ccnc(N4CCOCC4)c2)=NC3)cc1. The Labute approximate surface area is 341 Å². The van der Waals surface area contributed by atoms with Gasteiger partial charge in [-0.15, -0.1) is 12.4 Å². The van der Waals surface area contributed by atoms with Gasteiger partial charge in [-0.05, 0) is 82.6 Å². The van der Waals surface area contributed by atoms with Crippen LogP contribution < -0.4 is 9.80 Å². The number of anilines is 2. The van der Waals surface area contributed by atoms with E-state index in [2.05, 4.69) is 141 Å². The van der Waals surface area contributed by atoms with Gasteiger partial charge in [0.05, 0.1) is 50.9 Å². The number of rotatable bonds is 8. The highest BCUT2D eigenvalue weighted by Crippen LogP contribution is 2.28. The molecule has 0 aliphatic carbocycles. The molecule has 4 aromatic carbocycles. The van der Waals surface area contributed by atoms with Gasteiger partial charge in [0.1, 0.15) is 11.6 Å². The highest BCUT2D eigenvalue weighted by Gasteiger charge is 2.22. The first-order valence-corrected chi connectivity index (χ1v) is 19.7. The van der Waals surface area contributed by atoms with Crippen LogP contribution in [0.5, 0.6) is 0 Å². The van der Waals surface area contributed by atoms with Crippen LogP contribution >= 0.6 is 12.4 Å². The molecular weight excluding hydrogens is 728 g/mol. The second-order valence-corrected chi connectivity index (χ2v) is 14.6. The van der Waals surface area contributed by atoms with Gasteiger partial charge in [0.25, 0.3) is 0 Å². The quantitative estimate of drug-likeness (QED) is 0.156. The van der Waals surface area contributed by atoms with Crippen molar-refractivity contribution in [2.45, 2.75) is 25.9 Å². The van der Waals surface area contributed by atoms with Crippen LogP contribution in [-0.4, -0.2) is 74.0 Å².